The molecule has 1 aromatic carbocycles. The highest BCUT2D eigenvalue weighted by molar-refractivity contribution is 5.98. The van der Waals surface area contributed by atoms with Crippen LogP contribution in [-0.2, 0) is 16.0 Å². The predicted octanol–water partition coefficient (Wildman–Crippen LogP) is 1.92. The molecule has 2 fully saturated rings. The molecule has 0 bridgehead atoms. The topological polar surface area (TPSA) is 53.1 Å². The summed E-state index contributed by atoms with van der Waals surface area (Å²) in [6, 6.07) is 5.80. The van der Waals surface area contributed by atoms with E-state index in [1.807, 2.05) is 34.9 Å². The summed E-state index contributed by atoms with van der Waals surface area (Å²) in [5.74, 6) is 0.255. The van der Waals surface area contributed by atoms with E-state index < -0.39 is 0 Å². The van der Waals surface area contributed by atoms with Gasteiger partial charge in [-0.05, 0) is 43.0 Å². The fourth-order valence-corrected chi connectivity index (χ4v) is 4.38. The number of piperazine rings is 1. The summed E-state index contributed by atoms with van der Waals surface area (Å²) in [6.45, 7) is 7.85. The summed E-state index contributed by atoms with van der Waals surface area (Å²) in [5, 5.41) is 0. The summed E-state index contributed by atoms with van der Waals surface area (Å²) < 4.78 is 5.73. The molecule has 2 saturated heterocycles. The second kappa shape index (κ2) is 7.98. The number of ether oxygens (including phenoxy) is 1. The van der Waals surface area contributed by atoms with Crippen molar-refractivity contribution in [3.8, 4) is 0 Å². The summed E-state index contributed by atoms with van der Waals surface area (Å²) in [6.07, 6.45) is 4.04. The molecule has 1 atom stereocenters. The molecule has 2 amide bonds. The summed E-state index contributed by atoms with van der Waals surface area (Å²) in [5.41, 5.74) is 2.83. The maximum atomic E-state index is 12.9. The SMILES string of the molecule is CCC(=O)N1CCc2cc(C(=O)N3CCN(CC4CCCO4)CC3)ccc21. The molecule has 1 aromatic rings. The molecule has 0 N–H and O–H groups in total. The summed E-state index contributed by atoms with van der Waals surface area (Å²) in [7, 11) is 0. The Morgan fingerprint density at radius 1 is 1.15 bits per heavy atom. The number of nitrogens with zero attached hydrogens (tertiary/aromatic N) is 3. The normalized spacial score (nSPS) is 22.9. The number of carbonyl (C=O) groups is 2. The smallest absolute Gasteiger partial charge is 0.253 e. The monoisotopic (exact) mass is 371 g/mol. The minimum absolute atomic E-state index is 0.106. The van der Waals surface area contributed by atoms with E-state index in [1.54, 1.807) is 0 Å². The van der Waals surface area contributed by atoms with Gasteiger partial charge in [0, 0.05) is 63.5 Å². The van der Waals surface area contributed by atoms with E-state index in [0.717, 1.165) is 75.5 Å². The maximum Gasteiger partial charge on any atom is 0.253 e. The van der Waals surface area contributed by atoms with Crippen LogP contribution >= 0.6 is 0 Å². The molecule has 6 nitrogen and oxygen atoms in total. The largest absolute Gasteiger partial charge is 0.377 e. The highest BCUT2D eigenvalue weighted by Crippen LogP contribution is 2.30. The van der Waals surface area contributed by atoms with E-state index in [9.17, 15) is 9.59 Å². The Labute approximate surface area is 161 Å². The Morgan fingerprint density at radius 3 is 2.67 bits per heavy atom. The van der Waals surface area contributed by atoms with Crippen LogP contribution in [-0.4, -0.2) is 73.6 Å². The molecule has 1 unspecified atom stereocenters. The standard InChI is InChI=1S/C21H29N3O3/c1-2-20(25)24-8-7-16-14-17(5-6-19(16)24)21(26)23-11-9-22(10-12-23)15-18-4-3-13-27-18/h5-6,14,18H,2-4,7-13,15H2,1H3. The van der Waals surface area contributed by atoms with Gasteiger partial charge in [-0.2, -0.15) is 0 Å². The third-order valence-electron chi connectivity index (χ3n) is 5.97. The van der Waals surface area contributed by atoms with Crippen molar-refractivity contribution in [1.29, 1.82) is 0 Å². The number of benzene rings is 1. The van der Waals surface area contributed by atoms with E-state index in [-0.39, 0.29) is 11.8 Å². The van der Waals surface area contributed by atoms with Crippen molar-refractivity contribution >= 4 is 17.5 Å². The van der Waals surface area contributed by atoms with E-state index in [4.69, 9.17) is 4.74 Å². The second-order valence-corrected chi connectivity index (χ2v) is 7.72. The molecule has 0 spiro atoms. The van der Waals surface area contributed by atoms with Gasteiger partial charge in [0.25, 0.3) is 5.91 Å². The molecule has 0 aliphatic carbocycles. The van der Waals surface area contributed by atoms with Crippen LogP contribution < -0.4 is 4.90 Å². The van der Waals surface area contributed by atoms with Gasteiger partial charge in [-0.3, -0.25) is 14.5 Å². The van der Waals surface area contributed by atoms with Crippen LogP contribution in [0.5, 0.6) is 0 Å². The minimum atomic E-state index is 0.106. The quantitative estimate of drug-likeness (QED) is 0.812. The van der Waals surface area contributed by atoms with E-state index in [2.05, 4.69) is 4.90 Å². The number of hydrogen-bond acceptors (Lipinski definition) is 4. The van der Waals surface area contributed by atoms with Crippen molar-refractivity contribution in [1.82, 2.24) is 9.80 Å². The first-order valence-electron chi connectivity index (χ1n) is 10.2. The van der Waals surface area contributed by atoms with Gasteiger partial charge in [0.2, 0.25) is 5.91 Å². The van der Waals surface area contributed by atoms with Crippen LogP contribution in [0.1, 0.15) is 42.1 Å². The molecule has 3 aliphatic heterocycles. The zero-order valence-electron chi connectivity index (χ0n) is 16.2. The fourth-order valence-electron chi connectivity index (χ4n) is 4.38. The van der Waals surface area contributed by atoms with Crippen molar-refractivity contribution in [3.05, 3.63) is 29.3 Å². The number of carbonyl (C=O) groups excluding carboxylic acids is 2. The molecule has 6 heteroatoms. The fraction of sp³-hybridized carbons (Fsp3) is 0.619. The Balaban J connectivity index is 1.36. The third-order valence-corrected chi connectivity index (χ3v) is 5.97. The van der Waals surface area contributed by atoms with Crippen molar-refractivity contribution < 1.29 is 14.3 Å². The lowest BCUT2D eigenvalue weighted by Gasteiger charge is -2.35. The van der Waals surface area contributed by atoms with E-state index >= 15 is 0 Å². The molecule has 3 heterocycles. The summed E-state index contributed by atoms with van der Waals surface area (Å²) >= 11 is 0. The molecule has 0 saturated carbocycles. The van der Waals surface area contributed by atoms with Crippen molar-refractivity contribution in [3.63, 3.8) is 0 Å². The van der Waals surface area contributed by atoms with Crippen LogP contribution in [0, 0.1) is 0 Å². The number of rotatable bonds is 4. The molecule has 146 valence electrons. The van der Waals surface area contributed by atoms with Gasteiger partial charge in [-0.15, -0.1) is 0 Å². The first-order chi connectivity index (χ1) is 13.2. The van der Waals surface area contributed by atoms with Gasteiger partial charge in [-0.25, -0.2) is 0 Å². The van der Waals surface area contributed by atoms with Crippen LogP contribution in [0.3, 0.4) is 0 Å². The maximum absolute atomic E-state index is 12.9. The lowest BCUT2D eigenvalue weighted by molar-refractivity contribution is -0.118. The van der Waals surface area contributed by atoms with Crippen molar-refractivity contribution in [2.24, 2.45) is 0 Å². The zero-order chi connectivity index (χ0) is 18.8. The molecular weight excluding hydrogens is 342 g/mol. The number of anilines is 1. The number of amides is 2. The van der Waals surface area contributed by atoms with Gasteiger partial charge in [0.1, 0.15) is 0 Å². The second-order valence-electron chi connectivity index (χ2n) is 7.72. The van der Waals surface area contributed by atoms with Gasteiger partial charge in [0.15, 0.2) is 0 Å². The molecule has 3 aliphatic rings. The molecule has 0 radical (unpaired) electrons. The van der Waals surface area contributed by atoms with Gasteiger partial charge < -0.3 is 14.5 Å². The molecule has 4 rings (SSSR count). The lowest BCUT2D eigenvalue weighted by atomic mass is 10.1. The Bertz CT molecular complexity index is 707. The van der Waals surface area contributed by atoms with Crippen molar-refractivity contribution in [2.75, 3.05) is 50.8 Å². The van der Waals surface area contributed by atoms with Crippen molar-refractivity contribution in [2.45, 2.75) is 38.7 Å². The molecule has 0 aromatic heterocycles. The summed E-state index contributed by atoms with van der Waals surface area (Å²) in [4.78, 5) is 31.2. The lowest BCUT2D eigenvalue weighted by Crippen LogP contribution is -2.50. The number of fused-ring (bicyclic) bond motifs is 1. The Kier molecular flexibility index (Phi) is 5.45. The Morgan fingerprint density at radius 2 is 1.96 bits per heavy atom. The van der Waals surface area contributed by atoms with Crippen LogP contribution in [0.2, 0.25) is 0 Å². The highest BCUT2D eigenvalue weighted by atomic mass is 16.5. The minimum Gasteiger partial charge on any atom is -0.377 e. The van der Waals surface area contributed by atoms with Crippen LogP contribution in [0.4, 0.5) is 5.69 Å². The Hall–Kier alpha value is -1.92. The van der Waals surface area contributed by atoms with Gasteiger partial charge in [-0.1, -0.05) is 6.92 Å². The number of hydrogen-bond donors (Lipinski definition) is 0. The van der Waals surface area contributed by atoms with Gasteiger partial charge in [0.05, 0.1) is 6.10 Å². The highest BCUT2D eigenvalue weighted by Gasteiger charge is 2.28. The van der Waals surface area contributed by atoms with E-state index in [1.165, 1.54) is 6.42 Å². The van der Waals surface area contributed by atoms with E-state index in [0.29, 0.717) is 12.5 Å². The first kappa shape index (κ1) is 18.4. The molecular formula is C21H29N3O3. The van der Waals surface area contributed by atoms with Gasteiger partial charge >= 0.3 is 0 Å². The predicted molar refractivity (Wildman–Crippen MR) is 104 cm³/mol. The average Bonchev–Trinajstić information content (AvgIpc) is 3.36. The first-order valence-corrected chi connectivity index (χ1v) is 10.2. The van der Waals surface area contributed by atoms with Crippen LogP contribution in [0.25, 0.3) is 0 Å². The zero-order valence-corrected chi connectivity index (χ0v) is 16.2. The van der Waals surface area contributed by atoms with Crippen LogP contribution in [0.15, 0.2) is 18.2 Å². The third kappa shape index (κ3) is 3.87. The molecule has 27 heavy (non-hydrogen) atoms. The average molecular weight is 371 g/mol.